The summed E-state index contributed by atoms with van der Waals surface area (Å²) in [6.45, 7) is 4.80. The highest BCUT2D eigenvalue weighted by Crippen LogP contribution is 2.55. The quantitative estimate of drug-likeness (QED) is 0.106. The van der Waals surface area contributed by atoms with Gasteiger partial charge in [-0.05, 0) is 160 Å². The predicted molar refractivity (Wildman–Crippen MR) is 379 cm³/mol. The summed E-state index contributed by atoms with van der Waals surface area (Å²) in [5.41, 5.74) is 17.4. The molecule has 0 bridgehead atoms. The van der Waals surface area contributed by atoms with Crippen molar-refractivity contribution in [1.29, 1.82) is 0 Å². The van der Waals surface area contributed by atoms with E-state index in [4.69, 9.17) is 19.9 Å². The molecule has 0 aliphatic heterocycles. The normalized spacial score (nSPS) is 12.6. The maximum absolute atomic E-state index is 5.41. The number of aromatic nitrogens is 5. The average molecular weight is 1160 g/mol. The van der Waals surface area contributed by atoms with Crippen LogP contribution in [0, 0.1) is 0 Å². The first-order valence-electron chi connectivity index (χ1n) is 31.2. The van der Waals surface area contributed by atoms with Gasteiger partial charge in [0, 0.05) is 61.2 Å². The Balaban J connectivity index is 0.870. The Hall–Kier alpha value is -11.9. The highest BCUT2D eigenvalue weighted by atomic mass is 15.1. The summed E-state index contributed by atoms with van der Waals surface area (Å²) in [5.74, 6) is 2.56. The highest BCUT2D eigenvalue weighted by molar-refractivity contribution is 6.27. The first-order chi connectivity index (χ1) is 44.9. The fourth-order valence-corrected chi connectivity index (χ4v) is 14.7. The Kier molecular flexibility index (Phi) is 11.9. The van der Waals surface area contributed by atoms with Gasteiger partial charge in [-0.15, -0.1) is 0 Å². The molecule has 0 radical (unpaired) electrons. The molecule has 0 fully saturated rings. The second-order valence-corrected chi connectivity index (χ2v) is 24.5. The number of benzene rings is 14. The van der Waals surface area contributed by atoms with E-state index in [9.17, 15) is 0 Å². The van der Waals surface area contributed by atoms with E-state index in [0.717, 1.165) is 78.1 Å². The van der Waals surface area contributed by atoms with E-state index in [2.05, 4.69) is 260 Å². The Morgan fingerprint density at radius 1 is 0.308 bits per heavy atom. The average Bonchev–Trinajstić information content (AvgIpc) is 1.56. The molecule has 0 saturated carbocycles. The molecule has 14 aromatic carbocycles. The van der Waals surface area contributed by atoms with Crippen LogP contribution in [0.1, 0.15) is 25.0 Å². The Morgan fingerprint density at radius 3 is 1.35 bits per heavy atom. The first-order valence-corrected chi connectivity index (χ1v) is 31.2. The van der Waals surface area contributed by atoms with Crippen molar-refractivity contribution >= 4 is 92.7 Å². The number of hydrogen-bond donors (Lipinski definition) is 0. The second kappa shape index (κ2) is 20.6. The molecule has 0 unspecified atom stereocenters. The molecule has 1 aliphatic carbocycles. The minimum absolute atomic E-state index is 0.339. The van der Waals surface area contributed by atoms with E-state index in [0.29, 0.717) is 17.5 Å². The molecule has 91 heavy (non-hydrogen) atoms. The molecule has 0 spiro atoms. The molecule has 0 amide bonds. The summed E-state index contributed by atoms with van der Waals surface area (Å²) < 4.78 is 2.38. The number of hydrogen-bond acceptors (Lipinski definition) is 5. The third-order valence-corrected chi connectivity index (χ3v) is 19.0. The molecule has 3 heterocycles. The van der Waals surface area contributed by atoms with E-state index >= 15 is 0 Å². The molecule has 6 nitrogen and oxygen atoms in total. The van der Waals surface area contributed by atoms with Gasteiger partial charge in [-0.25, -0.2) is 19.9 Å². The number of nitrogens with zero attached hydrogens (tertiary/aromatic N) is 6. The molecule has 1 aliphatic rings. The van der Waals surface area contributed by atoms with Crippen molar-refractivity contribution in [3.8, 4) is 73.4 Å². The van der Waals surface area contributed by atoms with Gasteiger partial charge in [0.25, 0.3) is 0 Å². The first kappa shape index (κ1) is 52.3. The van der Waals surface area contributed by atoms with E-state index < -0.39 is 0 Å². The minimum Gasteiger partial charge on any atom is -0.309 e. The van der Waals surface area contributed by atoms with Gasteiger partial charge in [0.2, 0.25) is 0 Å². The van der Waals surface area contributed by atoms with Crippen LogP contribution in [-0.2, 0) is 5.41 Å². The van der Waals surface area contributed by atoms with E-state index in [-0.39, 0.29) is 5.41 Å². The van der Waals surface area contributed by atoms with Crippen LogP contribution in [-0.4, -0.2) is 24.5 Å². The molecule has 426 valence electrons. The van der Waals surface area contributed by atoms with Gasteiger partial charge in [0.1, 0.15) is 5.82 Å². The molecule has 0 N–H and O–H groups in total. The van der Waals surface area contributed by atoms with Gasteiger partial charge >= 0.3 is 0 Å². The number of rotatable bonds is 9. The molecular formula is C85H56N6. The van der Waals surface area contributed by atoms with Gasteiger partial charge in [-0.3, -0.25) is 4.57 Å². The van der Waals surface area contributed by atoms with Crippen LogP contribution >= 0.6 is 0 Å². The topological polar surface area (TPSA) is 59.7 Å². The summed E-state index contributed by atoms with van der Waals surface area (Å²) >= 11 is 0. The minimum atomic E-state index is -0.339. The Labute approximate surface area is 526 Å². The fraction of sp³-hybridized carbons (Fsp3) is 0.0353. The summed E-state index contributed by atoms with van der Waals surface area (Å²) in [7, 11) is 0. The zero-order valence-corrected chi connectivity index (χ0v) is 50.1. The van der Waals surface area contributed by atoms with Crippen LogP contribution in [0.25, 0.3) is 149 Å². The Bertz CT molecular complexity index is 5680. The second-order valence-electron chi connectivity index (χ2n) is 24.5. The van der Waals surface area contributed by atoms with E-state index in [1.807, 2.05) is 66.9 Å². The lowest BCUT2D eigenvalue weighted by atomic mass is 9.81. The van der Waals surface area contributed by atoms with Crippen molar-refractivity contribution in [3.05, 3.63) is 315 Å². The third-order valence-electron chi connectivity index (χ3n) is 19.0. The largest absolute Gasteiger partial charge is 0.309 e. The van der Waals surface area contributed by atoms with Gasteiger partial charge in [0.05, 0.1) is 16.7 Å². The predicted octanol–water partition coefficient (Wildman–Crippen LogP) is 22.2. The number of fused-ring (bicyclic) bond motifs is 14. The SMILES string of the molecule is CC1(C)c2cc3c4ccccc4c4ccccc4c3cc2-c2cc3c4c(-c5cccc(N(c6cccc(-c7ccccc7)c6)c6c7ccccc7cc7ccccc67)c5)cccc4n(-c4ccc(-c5nc(-c6ccccc6)nc(-c6ccccc6)n5)cn4)c3cc21. The summed E-state index contributed by atoms with van der Waals surface area (Å²) in [6.07, 6.45) is 1.92. The lowest BCUT2D eigenvalue weighted by Gasteiger charge is -2.29. The van der Waals surface area contributed by atoms with Gasteiger partial charge in [-0.1, -0.05) is 238 Å². The van der Waals surface area contributed by atoms with Crippen LogP contribution < -0.4 is 4.90 Å². The van der Waals surface area contributed by atoms with Crippen molar-refractivity contribution in [2.24, 2.45) is 0 Å². The third kappa shape index (κ3) is 8.41. The molecule has 3 aromatic heterocycles. The van der Waals surface area contributed by atoms with Crippen LogP contribution in [0.2, 0.25) is 0 Å². The zero-order valence-electron chi connectivity index (χ0n) is 50.1. The molecule has 6 heteroatoms. The van der Waals surface area contributed by atoms with Crippen molar-refractivity contribution in [1.82, 2.24) is 24.5 Å². The van der Waals surface area contributed by atoms with E-state index in [1.165, 1.54) is 81.7 Å². The number of anilines is 3. The van der Waals surface area contributed by atoms with Crippen molar-refractivity contribution in [3.63, 3.8) is 0 Å². The maximum Gasteiger partial charge on any atom is 0.165 e. The number of pyridine rings is 1. The highest BCUT2D eigenvalue weighted by Gasteiger charge is 2.38. The lowest BCUT2D eigenvalue weighted by molar-refractivity contribution is 0.662. The lowest BCUT2D eigenvalue weighted by Crippen LogP contribution is -2.15. The van der Waals surface area contributed by atoms with Crippen molar-refractivity contribution in [2.45, 2.75) is 19.3 Å². The van der Waals surface area contributed by atoms with Gasteiger partial charge < -0.3 is 4.90 Å². The molecule has 17 aromatic rings. The van der Waals surface area contributed by atoms with Crippen molar-refractivity contribution < 1.29 is 0 Å². The summed E-state index contributed by atoms with van der Waals surface area (Å²) in [4.78, 5) is 23.1. The van der Waals surface area contributed by atoms with Gasteiger partial charge in [-0.2, -0.15) is 0 Å². The fourth-order valence-electron chi connectivity index (χ4n) is 14.7. The smallest absolute Gasteiger partial charge is 0.165 e. The van der Waals surface area contributed by atoms with Crippen molar-refractivity contribution in [2.75, 3.05) is 4.90 Å². The monoisotopic (exact) mass is 1160 g/mol. The molecular weight excluding hydrogens is 1100 g/mol. The summed E-state index contributed by atoms with van der Waals surface area (Å²) in [5, 5.41) is 14.7. The molecule has 18 rings (SSSR count). The standard InChI is InChI=1S/C85H56N6/c1-85(2)75-50-71-69-40-19-17-38-67(69)66-37-16-18-39-68(66)70(71)48-72(75)73-49-74-78(51-76(73)85)91(79-44-43-60(52-86-79)84-88-82(54-25-8-4-9-26-54)87-83(89-84)55-27-10-5-11-28-55)77-42-22-41-63(80(74)77)59-32-21-34-62(47-59)90(61-33-20-31-56(46-61)53-23-6-3-7-24-53)81-64-35-14-12-29-57(64)45-58-30-13-15-36-65(58)81/h3-52H,1-2H3. The Morgan fingerprint density at radius 2 is 0.769 bits per heavy atom. The van der Waals surface area contributed by atoms with Crippen LogP contribution in [0.3, 0.4) is 0 Å². The molecule has 0 saturated heterocycles. The molecule has 0 atom stereocenters. The zero-order chi connectivity index (χ0) is 60.3. The maximum atomic E-state index is 5.41. The van der Waals surface area contributed by atoms with Crippen LogP contribution in [0.4, 0.5) is 17.1 Å². The van der Waals surface area contributed by atoms with E-state index in [1.54, 1.807) is 0 Å². The van der Waals surface area contributed by atoms with Crippen LogP contribution in [0.15, 0.2) is 303 Å². The van der Waals surface area contributed by atoms with Crippen LogP contribution in [0.5, 0.6) is 0 Å². The summed E-state index contributed by atoms with van der Waals surface area (Å²) in [6, 6.07) is 108. The van der Waals surface area contributed by atoms with Gasteiger partial charge in [0.15, 0.2) is 17.5 Å².